The molecule has 1 aliphatic heterocycles. The number of hydrogen-bond acceptors (Lipinski definition) is 3. The summed E-state index contributed by atoms with van der Waals surface area (Å²) in [6.45, 7) is 4.24. The van der Waals surface area contributed by atoms with Crippen LogP contribution in [0.25, 0.3) is 0 Å². The molecule has 2 N–H and O–H groups in total. The minimum absolute atomic E-state index is 0.750. The topological polar surface area (TPSA) is 38.4 Å². The number of hydrogen-bond donors (Lipinski definition) is 1. The Morgan fingerprint density at radius 1 is 1.29 bits per heavy atom. The molecule has 2 rings (SSSR count). The van der Waals surface area contributed by atoms with Crippen molar-refractivity contribution >= 4 is 23.3 Å². The Hall–Kier alpha value is -0.960. The highest BCUT2D eigenvalue weighted by molar-refractivity contribution is 7.99. The van der Waals surface area contributed by atoms with Crippen LogP contribution in [0.4, 0.5) is 5.69 Å². The molecular formula is C11H14N2S. The summed E-state index contributed by atoms with van der Waals surface area (Å²) in [6, 6.07) is 4.33. The Labute approximate surface area is 88.6 Å². The van der Waals surface area contributed by atoms with Crippen molar-refractivity contribution in [3.05, 3.63) is 23.3 Å². The Kier molecular flexibility index (Phi) is 2.50. The fraction of sp³-hybridized carbons (Fsp3) is 0.364. The van der Waals surface area contributed by atoms with Crippen LogP contribution in [0.15, 0.2) is 22.0 Å². The number of thioether (sulfide) groups is 1. The van der Waals surface area contributed by atoms with Gasteiger partial charge in [-0.25, -0.2) is 4.99 Å². The summed E-state index contributed by atoms with van der Waals surface area (Å²) in [5, 5.41) is 0. The number of amidine groups is 1. The summed E-state index contributed by atoms with van der Waals surface area (Å²) < 4.78 is 0. The lowest BCUT2D eigenvalue weighted by molar-refractivity contribution is 1.24. The number of fused-ring (bicyclic) bond motifs is 1. The van der Waals surface area contributed by atoms with Crippen molar-refractivity contribution in [3.8, 4) is 0 Å². The molecular weight excluding hydrogens is 192 g/mol. The maximum Gasteiger partial charge on any atom is 0.100 e. The van der Waals surface area contributed by atoms with Crippen LogP contribution < -0.4 is 5.73 Å². The Morgan fingerprint density at radius 2 is 2.00 bits per heavy atom. The van der Waals surface area contributed by atoms with Gasteiger partial charge in [0.25, 0.3) is 0 Å². The lowest BCUT2D eigenvalue weighted by atomic mass is 10.1. The minimum Gasteiger partial charge on any atom is -0.387 e. The summed E-state index contributed by atoms with van der Waals surface area (Å²) in [6.07, 6.45) is 0.886. The van der Waals surface area contributed by atoms with Crippen LogP contribution in [0.1, 0.15) is 17.5 Å². The normalized spacial score (nSPS) is 15.7. The van der Waals surface area contributed by atoms with Gasteiger partial charge in [0.05, 0.1) is 5.69 Å². The highest BCUT2D eigenvalue weighted by Crippen LogP contribution is 2.34. The molecule has 0 fully saturated rings. The standard InChI is InChI=1S/C11H14N2S/c1-7-5-9-10(6-8(7)2)14-4-3-11(12)13-9/h5-6H,3-4H2,1-2H3,(H2,12,13). The van der Waals surface area contributed by atoms with Gasteiger partial charge in [0.2, 0.25) is 0 Å². The highest BCUT2D eigenvalue weighted by atomic mass is 32.2. The summed E-state index contributed by atoms with van der Waals surface area (Å²) >= 11 is 1.84. The highest BCUT2D eigenvalue weighted by Gasteiger charge is 2.09. The molecule has 0 atom stereocenters. The van der Waals surface area contributed by atoms with Gasteiger partial charge < -0.3 is 5.73 Å². The second-order valence-electron chi connectivity index (χ2n) is 3.61. The zero-order valence-electron chi connectivity index (χ0n) is 8.50. The van der Waals surface area contributed by atoms with E-state index in [2.05, 4.69) is 31.0 Å². The average Bonchev–Trinajstić information content (AvgIpc) is 2.28. The first kappa shape index (κ1) is 9.59. The molecule has 0 saturated carbocycles. The van der Waals surface area contributed by atoms with Crippen molar-refractivity contribution in [2.75, 3.05) is 5.75 Å². The van der Waals surface area contributed by atoms with Crippen LogP contribution in [0.5, 0.6) is 0 Å². The quantitative estimate of drug-likeness (QED) is 0.709. The minimum atomic E-state index is 0.750. The summed E-state index contributed by atoms with van der Waals surface area (Å²) in [5.74, 6) is 1.78. The van der Waals surface area contributed by atoms with Crippen LogP contribution in [-0.4, -0.2) is 11.6 Å². The molecule has 1 aromatic rings. The third-order valence-corrected chi connectivity index (χ3v) is 3.50. The van der Waals surface area contributed by atoms with Gasteiger partial charge in [-0.15, -0.1) is 11.8 Å². The molecule has 3 heteroatoms. The lowest BCUT2D eigenvalue weighted by Crippen LogP contribution is -2.10. The van der Waals surface area contributed by atoms with Gasteiger partial charge in [0.15, 0.2) is 0 Å². The van der Waals surface area contributed by atoms with E-state index in [4.69, 9.17) is 5.73 Å². The van der Waals surface area contributed by atoms with Gasteiger partial charge in [-0.1, -0.05) is 0 Å². The number of aryl methyl sites for hydroxylation is 2. The van der Waals surface area contributed by atoms with Gasteiger partial charge in [0.1, 0.15) is 5.84 Å². The molecule has 0 aromatic heterocycles. The first-order valence-corrected chi connectivity index (χ1v) is 5.72. The zero-order valence-corrected chi connectivity index (χ0v) is 9.32. The SMILES string of the molecule is Cc1cc2c(cc1C)SCCC(N)=N2. The monoisotopic (exact) mass is 206 g/mol. The van der Waals surface area contributed by atoms with Gasteiger partial charge in [-0.2, -0.15) is 0 Å². The molecule has 0 amide bonds. The largest absolute Gasteiger partial charge is 0.387 e. The molecule has 0 unspecified atom stereocenters. The first-order valence-electron chi connectivity index (χ1n) is 4.74. The van der Waals surface area contributed by atoms with E-state index in [-0.39, 0.29) is 0 Å². The van der Waals surface area contributed by atoms with Crippen molar-refractivity contribution in [1.82, 2.24) is 0 Å². The number of aliphatic imine (C=N–C) groups is 1. The van der Waals surface area contributed by atoms with Crippen LogP contribution in [0, 0.1) is 13.8 Å². The maximum absolute atomic E-state index is 5.77. The van der Waals surface area contributed by atoms with E-state index in [1.54, 1.807) is 0 Å². The number of nitrogens with two attached hydrogens (primary N) is 1. The van der Waals surface area contributed by atoms with Crippen molar-refractivity contribution < 1.29 is 0 Å². The molecule has 0 radical (unpaired) electrons. The Balaban J connectivity index is 2.54. The molecule has 1 aromatic carbocycles. The molecule has 14 heavy (non-hydrogen) atoms. The smallest absolute Gasteiger partial charge is 0.100 e. The van der Waals surface area contributed by atoms with Crippen LogP contribution >= 0.6 is 11.8 Å². The maximum atomic E-state index is 5.77. The Morgan fingerprint density at radius 3 is 2.79 bits per heavy atom. The molecule has 0 saturated heterocycles. The van der Waals surface area contributed by atoms with Crippen molar-refractivity contribution in [1.29, 1.82) is 0 Å². The van der Waals surface area contributed by atoms with Gasteiger partial charge in [-0.05, 0) is 37.1 Å². The molecule has 1 heterocycles. The van der Waals surface area contributed by atoms with Gasteiger partial charge >= 0.3 is 0 Å². The first-order chi connectivity index (χ1) is 6.66. The summed E-state index contributed by atoms with van der Waals surface area (Å²) in [5.41, 5.74) is 9.42. The second-order valence-corrected chi connectivity index (χ2v) is 4.74. The average molecular weight is 206 g/mol. The van der Waals surface area contributed by atoms with Gasteiger partial charge in [-0.3, -0.25) is 0 Å². The molecule has 2 nitrogen and oxygen atoms in total. The van der Waals surface area contributed by atoms with Crippen molar-refractivity contribution in [2.24, 2.45) is 10.7 Å². The third kappa shape index (κ3) is 1.77. The van der Waals surface area contributed by atoms with Crippen molar-refractivity contribution in [2.45, 2.75) is 25.2 Å². The fourth-order valence-corrected chi connectivity index (χ4v) is 2.50. The molecule has 0 aliphatic carbocycles. The number of benzene rings is 1. The van der Waals surface area contributed by atoms with E-state index < -0.39 is 0 Å². The van der Waals surface area contributed by atoms with E-state index in [1.807, 2.05) is 11.8 Å². The van der Waals surface area contributed by atoms with Crippen LogP contribution in [-0.2, 0) is 0 Å². The van der Waals surface area contributed by atoms with E-state index in [0.29, 0.717) is 0 Å². The molecule has 0 spiro atoms. The van der Waals surface area contributed by atoms with E-state index in [0.717, 1.165) is 23.7 Å². The molecule has 0 bridgehead atoms. The van der Waals surface area contributed by atoms with Gasteiger partial charge in [0, 0.05) is 17.1 Å². The molecule has 1 aliphatic rings. The lowest BCUT2D eigenvalue weighted by Gasteiger charge is -2.06. The van der Waals surface area contributed by atoms with Crippen LogP contribution in [0.3, 0.4) is 0 Å². The zero-order chi connectivity index (χ0) is 10.1. The van der Waals surface area contributed by atoms with E-state index >= 15 is 0 Å². The van der Waals surface area contributed by atoms with E-state index in [9.17, 15) is 0 Å². The van der Waals surface area contributed by atoms with Crippen molar-refractivity contribution in [3.63, 3.8) is 0 Å². The number of nitrogens with zero attached hydrogens (tertiary/aromatic N) is 1. The third-order valence-electron chi connectivity index (χ3n) is 2.46. The predicted octanol–water partition coefficient (Wildman–Crippen LogP) is 2.79. The van der Waals surface area contributed by atoms with Crippen LogP contribution in [0.2, 0.25) is 0 Å². The molecule has 74 valence electrons. The summed E-state index contributed by atoms with van der Waals surface area (Å²) in [4.78, 5) is 5.67. The second kappa shape index (κ2) is 3.65. The van der Waals surface area contributed by atoms with E-state index in [1.165, 1.54) is 16.0 Å². The number of rotatable bonds is 0. The summed E-state index contributed by atoms with van der Waals surface area (Å²) in [7, 11) is 0. The predicted molar refractivity (Wildman–Crippen MR) is 62.5 cm³/mol. The fourth-order valence-electron chi connectivity index (χ4n) is 1.45. The Bertz CT molecular complexity index is 397.